The first kappa shape index (κ1) is 16.1. The molecule has 22 heavy (non-hydrogen) atoms. The van der Waals surface area contributed by atoms with Gasteiger partial charge in [0.1, 0.15) is 12.2 Å². The molecule has 0 N–H and O–H groups in total. The SMILES string of the molecule is CC(C)=CCC/C(C)=C/COc1cc2ccccc2oc1=O. The first-order valence-corrected chi connectivity index (χ1v) is 7.51. The van der Waals surface area contributed by atoms with Crippen LogP contribution in [0.25, 0.3) is 11.0 Å². The lowest BCUT2D eigenvalue weighted by molar-refractivity contribution is 0.341. The Morgan fingerprint density at radius 3 is 2.73 bits per heavy atom. The molecule has 0 aliphatic rings. The van der Waals surface area contributed by atoms with Gasteiger partial charge in [-0.25, -0.2) is 4.79 Å². The summed E-state index contributed by atoms with van der Waals surface area (Å²) in [5.41, 5.74) is 2.73. The Morgan fingerprint density at radius 2 is 1.95 bits per heavy atom. The van der Waals surface area contributed by atoms with Gasteiger partial charge >= 0.3 is 5.63 Å². The molecule has 0 amide bonds. The Balaban J connectivity index is 1.98. The Labute approximate surface area is 130 Å². The molecule has 1 aromatic carbocycles. The number of fused-ring (bicyclic) bond motifs is 1. The van der Waals surface area contributed by atoms with E-state index >= 15 is 0 Å². The lowest BCUT2D eigenvalue weighted by Gasteiger charge is -2.04. The number of allylic oxidation sites excluding steroid dienone is 3. The van der Waals surface area contributed by atoms with Crippen molar-refractivity contribution in [3.05, 3.63) is 64.1 Å². The zero-order valence-electron chi connectivity index (χ0n) is 13.4. The van der Waals surface area contributed by atoms with Gasteiger partial charge in [0, 0.05) is 5.39 Å². The Bertz CT molecular complexity index is 747. The number of hydrogen-bond donors (Lipinski definition) is 0. The Morgan fingerprint density at radius 1 is 1.18 bits per heavy atom. The van der Waals surface area contributed by atoms with Gasteiger partial charge in [-0.2, -0.15) is 0 Å². The van der Waals surface area contributed by atoms with Crippen molar-refractivity contribution < 1.29 is 9.15 Å². The molecule has 0 unspecified atom stereocenters. The zero-order valence-corrected chi connectivity index (χ0v) is 13.4. The summed E-state index contributed by atoms with van der Waals surface area (Å²) in [6, 6.07) is 9.14. The molecule has 2 rings (SSSR count). The van der Waals surface area contributed by atoms with E-state index < -0.39 is 5.63 Å². The molecule has 1 heterocycles. The van der Waals surface area contributed by atoms with E-state index in [0.29, 0.717) is 12.2 Å². The standard InChI is InChI=1S/C19H22O3/c1-14(2)7-6-8-15(3)11-12-21-18-13-16-9-4-5-10-17(16)22-19(18)20/h4-5,7,9-11,13H,6,8,12H2,1-3H3/b15-11+. The van der Waals surface area contributed by atoms with Crippen molar-refractivity contribution in [1.29, 1.82) is 0 Å². The molecular weight excluding hydrogens is 276 g/mol. The highest BCUT2D eigenvalue weighted by Gasteiger charge is 2.05. The minimum atomic E-state index is -0.436. The molecule has 0 aliphatic heterocycles. The van der Waals surface area contributed by atoms with Gasteiger partial charge in [-0.3, -0.25) is 0 Å². The van der Waals surface area contributed by atoms with Crippen LogP contribution in [0.4, 0.5) is 0 Å². The summed E-state index contributed by atoms with van der Waals surface area (Å²) in [7, 11) is 0. The highest BCUT2D eigenvalue weighted by atomic mass is 16.5. The smallest absolute Gasteiger partial charge is 0.379 e. The van der Waals surface area contributed by atoms with Crippen molar-refractivity contribution in [3.63, 3.8) is 0 Å². The lowest BCUT2D eigenvalue weighted by Crippen LogP contribution is -2.07. The molecule has 3 heteroatoms. The molecule has 3 nitrogen and oxygen atoms in total. The molecule has 0 atom stereocenters. The number of benzene rings is 1. The summed E-state index contributed by atoms with van der Waals surface area (Å²) in [6.07, 6.45) is 6.26. The van der Waals surface area contributed by atoms with E-state index in [0.717, 1.165) is 18.2 Å². The fourth-order valence-corrected chi connectivity index (χ4v) is 2.11. The van der Waals surface area contributed by atoms with Crippen molar-refractivity contribution in [2.24, 2.45) is 0 Å². The van der Waals surface area contributed by atoms with Crippen LogP contribution in [-0.4, -0.2) is 6.61 Å². The second-order valence-electron chi connectivity index (χ2n) is 5.62. The quantitative estimate of drug-likeness (QED) is 0.564. The summed E-state index contributed by atoms with van der Waals surface area (Å²) in [5.74, 6) is 0.257. The zero-order chi connectivity index (χ0) is 15.9. The van der Waals surface area contributed by atoms with Crippen LogP contribution in [-0.2, 0) is 0 Å². The predicted octanol–water partition coefficient (Wildman–Crippen LogP) is 4.86. The number of para-hydroxylation sites is 1. The molecule has 0 aliphatic carbocycles. The van der Waals surface area contributed by atoms with Gasteiger partial charge in [0.25, 0.3) is 0 Å². The van der Waals surface area contributed by atoms with Crippen LogP contribution < -0.4 is 10.4 Å². The van der Waals surface area contributed by atoms with Gasteiger partial charge in [-0.15, -0.1) is 0 Å². The summed E-state index contributed by atoms with van der Waals surface area (Å²) in [6.45, 7) is 6.65. The molecule has 1 aromatic heterocycles. The molecule has 0 radical (unpaired) electrons. The van der Waals surface area contributed by atoms with Gasteiger partial charge in [-0.1, -0.05) is 35.4 Å². The average Bonchev–Trinajstić information content (AvgIpc) is 2.47. The van der Waals surface area contributed by atoms with E-state index in [1.165, 1.54) is 11.1 Å². The summed E-state index contributed by atoms with van der Waals surface area (Å²) in [5, 5.41) is 0.862. The van der Waals surface area contributed by atoms with E-state index in [1.54, 1.807) is 12.1 Å². The number of rotatable bonds is 6. The normalized spacial score (nSPS) is 11.5. The van der Waals surface area contributed by atoms with Crippen molar-refractivity contribution >= 4 is 11.0 Å². The van der Waals surface area contributed by atoms with Crippen LogP contribution in [0, 0.1) is 0 Å². The highest BCUT2D eigenvalue weighted by molar-refractivity contribution is 5.77. The van der Waals surface area contributed by atoms with E-state index in [-0.39, 0.29) is 5.75 Å². The first-order valence-electron chi connectivity index (χ1n) is 7.51. The van der Waals surface area contributed by atoms with Gasteiger partial charge in [0.15, 0.2) is 0 Å². The maximum atomic E-state index is 11.8. The summed E-state index contributed by atoms with van der Waals surface area (Å²) in [4.78, 5) is 11.8. The van der Waals surface area contributed by atoms with Crippen LogP contribution in [0.3, 0.4) is 0 Å². The molecule has 0 spiro atoms. The average molecular weight is 298 g/mol. The Kier molecular flexibility index (Phi) is 5.59. The highest BCUT2D eigenvalue weighted by Crippen LogP contribution is 2.16. The third-order valence-corrected chi connectivity index (χ3v) is 3.37. The van der Waals surface area contributed by atoms with Crippen LogP contribution in [0.1, 0.15) is 33.6 Å². The second kappa shape index (κ2) is 7.64. The molecule has 0 fully saturated rings. The molecule has 116 valence electrons. The molecule has 2 aromatic rings. The molecular formula is C19H22O3. The van der Waals surface area contributed by atoms with Crippen molar-refractivity contribution in [1.82, 2.24) is 0 Å². The van der Waals surface area contributed by atoms with Crippen molar-refractivity contribution in [2.75, 3.05) is 6.61 Å². The fraction of sp³-hybridized carbons (Fsp3) is 0.316. The van der Waals surface area contributed by atoms with Gasteiger partial charge in [-0.05, 0) is 51.8 Å². The first-order chi connectivity index (χ1) is 10.6. The minimum Gasteiger partial charge on any atom is -0.482 e. The predicted molar refractivity (Wildman–Crippen MR) is 90.4 cm³/mol. The second-order valence-corrected chi connectivity index (χ2v) is 5.62. The Hall–Kier alpha value is -2.29. The molecule has 0 saturated carbocycles. The number of ether oxygens (including phenoxy) is 1. The van der Waals surface area contributed by atoms with Gasteiger partial charge < -0.3 is 9.15 Å². The molecule has 0 saturated heterocycles. The van der Waals surface area contributed by atoms with Crippen LogP contribution in [0.15, 0.2) is 62.8 Å². The topological polar surface area (TPSA) is 39.4 Å². The van der Waals surface area contributed by atoms with Crippen LogP contribution >= 0.6 is 0 Å². The van der Waals surface area contributed by atoms with E-state index in [9.17, 15) is 4.79 Å². The third kappa shape index (κ3) is 4.62. The number of hydrogen-bond acceptors (Lipinski definition) is 3. The maximum absolute atomic E-state index is 11.8. The van der Waals surface area contributed by atoms with Crippen molar-refractivity contribution in [2.45, 2.75) is 33.6 Å². The van der Waals surface area contributed by atoms with E-state index in [4.69, 9.17) is 9.15 Å². The fourth-order valence-electron chi connectivity index (χ4n) is 2.11. The van der Waals surface area contributed by atoms with Gasteiger partial charge in [0.05, 0.1) is 0 Å². The maximum Gasteiger partial charge on any atom is 0.379 e. The van der Waals surface area contributed by atoms with E-state index in [1.807, 2.05) is 24.3 Å². The largest absolute Gasteiger partial charge is 0.482 e. The summed E-state index contributed by atoms with van der Waals surface area (Å²) < 4.78 is 10.8. The lowest BCUT2D eigenvalue weighted by atomic mass is 10.1. The monoisotopic (exact) mass is 298 g/mol. The van der Waals surface area contributed by atoms with Gasteiger partial charge in [0.2, 0.25) is 5.75 Å². The van der Waals surface area contributed by atoms with E-state index in [2.05, 4.69) is 26.8 Å². The third-order valence-electron chi connectivity index (χ3n) is 3.37. The van der Waals surface area contributed by atoms with Crippen LogP contribution in [0.2, 0.25) is 0 Å². The summed E-state index contributed by atoms with van der Waals surface area (Å²) >= 11 is 0. The van der Waals surface area contributed by atoms with Crippen molar-refractivity contribution in [3.8, 4) is 5.75 Å². The van der Waals surface area contributed by atoms with Crippen LogP contribution in [0.5, 0.6) is 5.75 Å². The molecule has 0 bridgehead atoms. The minimum absolute atomic E-state index is 0.257.